The van der Waals surface area contributed by atoms with Gasteiger partial charge in [-0.25, -0.2) is 0 Å². The van der Waals surface area contributed by atoms with E-state index in [1.807, 2.05) is 24.3 Å². The Morgan fingerprint density at radius 2 is 1.87 bits per heavy atom. The second-order valence-electron chi connectivity index (χ2n) is 2.15. The number of halogens is 1. The molecule has 0 radical (unpaired) electrons. The normalized spacial score (nSPS) is 7.53. The second kappa shape index (κ2) is 10.3. The maximum atomic E-state index is 8.36. The molecule has 2 N–H and O–H groups in total. The highest BCUT2D eigenvalue weighted by Gasteiger charge is 1.75. The highest BCUT2D eigenvalue weighted by molar-refractivity contribution is 6.29. The molecule has 0 aliphatic rings. The molecule has 0 unspecified atom stereocenters. The molecule has 0 aliphatic heterocycles. The van der Waals surface area contributed by atoms with Crippen LogP contribution < -0.4 is 0 Å². The maximum Gasteiger partial charge on any atom is 0.290 e. The van der Waals surface area contributed by atoms with Crippen molar-refractivity contribution < 1.29 is 9.90 Å². The third kappa shape index (κ3) is 10.1. The minimum Gasteiger partial charge on any atom is -0.483 e. The summed E-state index contributed by atoms with van der Waals surface area (Å²) in [7, 11) is 0. The van der Waals surface area contributed by atoms with Crippen molar-refractivity contribution in [3.63, 3.8) is 0 Å². The molecule has 0 bridgehead atoms. The summed E-state index contributed by atoms with van der Waals surface area (Å²) in [6, 6.07) is 9.36. The number of aromatic nitrogens is 2. The van der Waals surface area contributed by atoms with E-state index in [-0.39, 0.29) is 6.47 Å². The smallest absolute Gasteiger partial charge is 0.290 e. The Balaban J connectivity index is 0.000000210. The number of hydrogen-bond donors (Lipinski definition) is 2. The Labute approximate surface area is 92.6 Å². The zero-order valence-corrected chi connectivity index (χ0v) is 8.63. The molecule has 0 aromatic carbocycles. The molecular weight excluding hydrogens is 216 g/mol. The van der Waals surface area contributed by atoms with Crippen LogP contribution in [0.4, 0.5) is 0 Å². The summed E-state index contributed by atoms with van der Waals surface area (Å²) >= 11 is 5.40. The van der Waals surface area contributed by atoms with Gasteiger partial charge in [-0.1, -0.05) is 17.7 Å². The van der Waals surface area contributed by atoms with Crippen molar-refractivity contribution in [3.05, 3.63) is 54.1 Å². The van der Waals surface area contributed by atoms with Gasteiger partial charge in [-0.05, 0) is 24.3 Å². The Kier molecular flexibility index (Phi) is 9.03. The van der Waals surface area contributed by atoms with Crippen LogP contribution in [-0.2, 0) is 4.79 Å². The third-order valence-corrected chi connectivity index (χ3v) is 1.36. The average molecular weight is 227 g/mol. The first-order chi connectivity index (χ1) is 7.31. The Morgan fingerprint density at radius 3 is 2.00 bits per heavy atom. The van der Waals surface area contributed by atoms with Crippen LogP contribution >= 0.6 is 11.6 Å². The number of hydrogen-bond acceptors (Lipinski definition) is 2. The average Bonchev–Trinajstić information content (AvgIpc) is 2.74. The minimum atomic E-state index is -0.250. The van der Waals surface area contributed by atoms with Crippen LogP contribution in [-0.4, -0.2) is 21.5 Å². The predicted octanol–water partition coefficient (Wildman–Crippen LogP) is 2.45. The van der Waals surface area contributed by atoms with E-state index in [1.54, 1.807) is 24.7 Å². The standard InChI is InChI=1S/C5H5N.C4H4ClN.CH2O2/c1-2-4-6-5-3-1;5-4-2-1-3-6-4;2-1-3/h1-5H;1-3,6H;1H,(H,2,3). The fraction of sp³-hybridized carbons (Fsp3) is 0. The molecule has 2 aromatic rings. The van der Waals surface area contributed by atoms with Crippen LogP contribution in [0.2, 0.25) is 5.15 Å². The van der Waals surface area contributed by atoms with Crippen molar-refractivity contribution in [2.75, 3.05) is 0 Å². The van der Waals surface area contributed by atoms with Crippen LogP contribution in [0.25, 0.3) is 0 Å². The molecule has 2 rings (SSSR count). The van der Waals surface area contributed by atoms with Crippen molar-refractivity contribution in [3.8, 4) is 0 Å². The molecule has 2 aromatic heterocycles. The van der Waals surface area contributed by atoms with Crippen molar-refractivity contribution in [2.45, 2.75) is 0 Å². The summed E-state index contributed by atoms with van der Waals surface area (Å²) in [5, 5.41) is 7.58. The van der Waals surface area contributed by atoms with Gasteiger partial charge in [-0.3, -0.25) is 9.78 Å². The highest BCUT2D eigenvalue weighted by Crippen LogP contribution is 1.99. The van der Waals surface area contributed by atoms with Gasteiger partial charge in [-0.15, -0.1) is 0 Å². The highest BCUT2D eigenvalue weighted by atomic mass is 35.5. The van der Waals surface area contributed by atoms with E-state index in [4.69, 9.17) is 21.5 Å². The largest absolute Gasteiger partial charge is 0.483 e. The molecule has 15 heavy (non-hydrogen) atoms. The van der Waals surface area contributed by atoms with Crippen LogP contribution in [0.5, 0.6) is 0 Å². The molecule has 2 heterocycles. The van der Waals surface area contributed by atoms with Crippen molar-refractivity contribution in [1.82, 2.24) is 9.97 Å². The molecular formula is C10H11ClN2O2. The van der Waals surface area contributed by atoms with Gasteiger partial charge in [0.1, 0.15) is 5.15 Å². The topological polar surface area (TPSA) is 66.0 Å². The number of nitrogens with zero attached hydrogens (tertiary/aromatic N) is 1. The molecule has 5 heteroatoms. The van der Waals surface area contributed by atoms with Gasteiger partial charge >= 0.3 is 0 Å². The van der Waals surface area contributed by atoms with Gasteiger partial charge in [-0.2, -0.15) is 0 Å². The van der Waals surface area contributed by atoms with Gasteiger partial charge in [0, 0.05) is 18.6 Å². The molecule has 4 nitrogen and oxygen atoms in total. The number of pyridine rings is 1. The van der Waals surface area contributed by atoms with Crippen LogP contribution in [0.1, 0.15) is 0 Å². The predicted molar refractivity (Wildman–Crippen MR) is 58.7 cm³/mol. The zero-order chi connectivity index (χ0) is 11.4. The molecule has 0 aliphatic carbocycles. The lowest BCUT2D eigenvalue weighted by Crippen LogP contribution is -1.58. The van der Waals surface area contributed by atoms with Gasteiger partial charge in [0.2, 0.25) is 0 Å². The molecule has 0 saturated carbocycles. The molecule has 80 valence electrons. The number of H-pyrrole nitrogens is 1. The van der Waals surface area contributed by atoms with Gasteiger partial charge < -0.3 is 10.1 Å². The summed E-state index contributed by atoms with van der Waals surface area (Å²) in [6.45, 7) is -0.250. The monoisotopic (exact) mass is 226 g/mol. The van der Waals surface area contributed by atoms with Crippen LogP contribution in [0.15, 0.2) is 48.9 Å². The van der Waals surface area contributed by atoms with E-state index in [2.05, 4.69) is 9.97 Å². The lowest BCUT2D eigenvalue weighted by Gasteiger charge is -1.70. The van der Waals surface area contributed by atoms with Crippen LogP contribution in [0, 0.1) is 0 Å². The fourth-order valence-corrected chi connectivity index (χ4v) is 0.757. The van der Waals surface area contributed by atoms with Gasteiger partial charge in [0.05, 0.1) is 0 Å². The lowest BCUT2D eigenvalue weighted by molar-refractivity contribution is -0.122. The van der Waals surface area contributed by atoms with Gasteiger partial charge in [0.15, 0.2) is 0 Å². The number of rotatable bonds is 0. The first-order valence-electron chi connectivity index (χ1n) is 4.03. The summed E-state index contributed by atoms with van der Waals surface area (Å²) in [5.74, 6) is 0. The van der Waals surface area contributed by atoms with Crippen molar-refractivity contribution in [2.24, 2.45) is 0 Å². The Morgan fingerprint density at radius 1 is 1.27 bits per heavy atom. The SMILES string of the molecule is Clc1ccc[nH]1.O=CO.c1ccncc1. The molecule has 0 amide bonds. The third-order valence-electron chi connectivity index (χ3n) is 1.13. The summed E-state index contributed by atoms with van der Waals surface area (Å²) in [4.78, 5) is 14.9. The molecule has 0 saturated heterocycles. The lowest BCUT2D eigenvalue weighted by atomic mass is 10.5. The first-order valence-corrected chi connectivity index (χ1v) is 4.40. The van der Waals surface area contributed by atoms with E-state index < -0.39 is 0 Å². The summed E-state index contributed by atoms with van der Waals surface area (Å²) < 4.78 is 0. The van der Waals surface area contributed by atoms with Gasteiger partial charge in [0.25, 0.3) is 6.47 Å². The first kappa shape index (κ1) is 13.2. The number of carboxylic acid groups (broad SMARTS) is 1. The van der Waals surface area contributed by atoms with Crippen molar-refractivity contribution in [1.29, 1.82) is 0 Å². The minimum absolute atomic E-state index is 0.250. The number of nitrogens with one attached hydrogen (secondary N) is 1. The maximum absolute atomic E-state index is 8.36. The Hall–Kier alpha value is -1.81. The fourth-order valence-electron chi connectivity index (χ4n) is 0.621. The zero-order valence-electron chi connectivity index (χ0n) is 7.88. The van der Waals surface area contributed by atoms with E-state index in [9.17, 15) is 0 Å². The molecule has 0 atom stereocenters. The quantitative estimate of drug-likeness (QED) is 0.678. The van der Waals surface area contributed by atoms with E-state index >= 15 is 0 Å². The molecule has 0 fully saturated rings. The van der Waals surface area contributed by atoms with E-state index in [0.717, 1.165) is 0 Å². The van der Waals surface area contributed by atoms with Crippen molar-refractivity contribution >= 4 is 18.1 Å². The molecule has 0 spiro atoms. The van der Waals surface area contributed by atoms with E-state index in [0.29, 0.717) is 5.15 Å². The number of aromatic amines is 1. The van der Waals surface area contributed by atoms with Crippen LogP contribution in [0.3, 0.4) is 0 Å². The summed E-state index contributed by atoms with van der Waals surface area (Å²) in [6.07, 6.45) is 5.28. The summed E-state index contributed by atoms with van der Waals surface area (Å²) in [5.41, 5.74) is 0. The second-order valence-corrected chi connectivity index (χ2v) is 2.56. The number of carbonyl (C=O) groups is 1. The van der Waals surface area contributed by atoms with E-state index in [1.165, 1.54) is 0 Å². The Bertz CT molecular complexity index is 298.